The van der Waals surface area contributed by atoms with Crippen LogP contribution in [0.15, 0.2) is 29.3 Å². The molecule has 0 radical (unpaired) electrons. The third kappa shape index (κ3) is 7.46. The predicted octanol–water partition coefficient (Wildman–Crippen LogP) is 1.64. The van der Waals surface area contributed by atoms with Crippen molar-refractivity contribution in [3.63, 3.8) is 0 Å². The number of carbonyl (C=O) groups is 1. The Bertz CT molecular complexity index is 526. The Hall–Kier alpha value is -2.08. The maximum absolute atomic E-state index is 11.2. The Balaban J connectivity index is 2.67. The molecule has 6 heteroatoms. The lowest BCUT2D eigenvalue weighted by atomic mass is 10.0. The Morgan fingerprint density at radius 2 is 2.08 bits per heavy atom. The van der Waals surface area contributed by atoms with E-state index in [4.69, 9.17) is 10.8 Å². The number of benzene rings is 1. The van der Waals surface area contributed by atoms with E-state index in [-0.39, 0.29) is 6.61 Å². The first-order chi connectivity index (χ1) is 11.6. The molecule has 0 heterocycles. The van der Waals surface area contributed by atoms with Gasteiger partial charge >= 0.3 is 0 Å². The minimum absolute atomic E-state index is 0.208. The monoisotopic (exact) mass is 334 g/mol. The maximum atomic E-state index is 11.2. The highest BCUT2D eigenvalue weighted by atomic mass is 16.3. The van der Waals surface area contributed by atoms with Crippen molar-refractivity contribution in [1.29, 1.82) is 0 Å². The van der Waals surface area contributed by atoms with Gasteiger partial charge < -0.3 is 21.5 Å². The largest absolute Gasteiger partial charge is 0.396 e. The number of rotatable bonds is 10. The van der Waals surface area contributed by atoms with E-state index in [0.717, 1.165) is 43.9 Å². The molecule has 1 rings (SSSR count). The summed E-state index contributed by atoms with van der Waals surface area (Å²) in [6.07, 6.45) is 2.97. The van der Waals surface area contributed by atoms with E-state index in [0.29, 0.717) is 18.0 Å². The standard InChI is InChI=1S/C18H30N4O2/c1-3-6-14(9-10-23)12-21-18(20-4-2)22-13-15-7-5-8-16(11-15)17(19)24/h5,7-8,11,14,23H,3-4,6,9-10,12-13H2,1-2H3,(H2,19,24)(H2,20,21,22). The molecule has 5 N–H and O–H groups in total. The minimum atomic E-state index is -0.433. The number of hydrogen-bond acceptors (Lipinski definition) is 3. The van der Waals surface area contributed by atoms with Gasteiger partial charge in [0.15, 0.2) is 5.96 Å². The quantitative estimate of drug-likeness (QED) is 0.386. The number of nitrogens with two attached hydrogens (primary N) is 1. The lowest BCUT2D eigenvalue weighted by Gasteiger charge is -2.18. The van der Waals surface area contributed by atoms with E-state index < -0.39 is 5.91 Å². The zero-order chi connectivity index (χ0) is 17.8. The van der Waals surface area contributed by atoms with Crippen LogP contribution in [0.25, 0.3) is 0 Å². The van der Waals surface area contributed by atoms with Crippen molar-refractivity contribution < 1.29 is 9.90 Å². The second kappa shape index (κ2) is 11.5. The first kappa shape index (κ1) is 20.0. The first-order valence-corrected chi connectivity index (χ1v) is 8.62. The van der Waals surface area contributed by atoms with Crippen LogP contribution in [-0.4, -0.2) is 36.7 Å². The molecule has 1 atom stereocenters. The average molecular weight is 334 g/mol. The maximum Gasteiger partial charge on any atom is 0.248 e. The minimum Gasteiger partial charge on any atom is -0.396 e. The third-order valence-corrected chi connectivity index (χ3v) is 3.77. The number of aliphatic hydroxyl groups is 1. The van der Waals surface area contributed by atoms with E-state index in [9.17, 15) is 4.79 Å². The normalized spacial score (nSPS) is 12.7. The third-order valence-electron chi connectivity index (χ3n) is 3.77. The highest BCUT2D eigenvalue weighted by Crippen LogP contribution is 2.09. The van der Waals surface area contributed by atoms with E-state index in [2.05, 4.69) is 22.5 Å². The molecule has 24 heavy (non-hydrogen) atoms. The van der Waals surface area contributed by atoms with Crippen molar-refractivity contribution >= 4 is 11.9 Å². The zero-order valence-electron chi connectivity index (χ0n) is 14.7. The summed E-state index contributed by atoms with van der Waals surface area (Å²) in [7, 11) is 0. The second-order valence-corrected chi connectivity index (χ2v) is 5.81. The lowest BCUT2D eigenvalue weighted by molar-refractivity contribution is 0.1000. The van der Waals surface area contributed by atoms with E-state index in [1.807, 2.05) is 19.1 Å². The summed E-state index contributed by atoms with van der Waals surface area (Å²) in [6.45, 7) is 6.39. The summed E-state index contributed by atoms with van der Waals surface area (Å²) >= 11 is 0. The van der Waals surface area contributed by atoms with Crippen LogP contribution in [0.1, 0.15) is 49.0 Å². The molecular weight excluding hydrogens is 304 g/mol. The number of amides is 1. The topological polar surface area (TPSA) is 99.7 Å². The molecule has 1 unspecified atom stereocenters. The Labute approximate surface area is 144 Å². The summed E-state index contributed by atoms with van der Waals surface area (Å²) in [4.78, 5) is 15.8. The molecule has 0 spiro atoms. The van der Waals surface area contributed by atoms with Crippen LogP contribution >= 0.6 is 0 Å². The Morgan fingerprint density at radius 1 is 1.29 bits per heavy atom. The number of aliphatic hydroxyl groups excluding tert-OH is 1. The van der Waals surface area contributed by atoms with Gasteiger partial charge in [-0.05, 0) is 43.4 Å². The second-order valence-electron chi connectivity index (χ2n) is 5.81. The van der Waals surface area contributed by atoms with Crippen LogP contribution in [0, 0.1) is 5.92 Å². The number of nitrogens with one attached hydrogen (secondary N) is 2. The SMILES string of the molecule is CCCC(CCO)CNC(=NCc1cccc(C(N)=O)c1)NCC. The number of carbonyl (C=O) groups excluding carboxylic acids is 1. The Morgan fingerprint density at radius 3 is 2.71 bits per heavy atom. The van der Waals surface area contributed by atoms with Gasteiger partial charge in [0.1, 0.15) is 0 Å². The fourth-order valence-corrected chi connectivity index (χ4v) is 2.52. The number of hydrogen-bond donors (Lipinski definition) is 4. The molecule has 0 bridgehead atoms. The van der Waals surface area contributed by atoms with Crippen molar-refractivity contribution in [1.82, 2.24) is 10.6 Å². The molecular formula is C18H30N4O2. The number of primary amides is 1. The van der Waals surface area contributed by atoms with Crippen LogP contribution in [0.5, 0.6) is 0 Å². The summed E-state index contributed by atoms with van der Waals surface area (Å²) in [5.41, 5.74) is 6.73. The summed E-state index contributed by atoms with van der Waals surface area (Å²) in [5, 5.41) is 15.7. The molecule has 0 aliphatic heterocycles. The smallest absolute Gasteiger partial charge is 0.248 e. The highest BCUT2D eigenvalue weighted by molar-refractivity contribution is 5.92. The van der Waals surface area contributed by atoms with Crippen molar-refractivity contribution in [2.75, 3.05) is 19.7 Å². The van der Waals surface area contributed by atoms with E-state index >= 15 is 0 Å². The number of guanidine groups is 1. The lowest BCUT2D eigenvalue weighted by Crippen LogP contribution is -2.40. The van der Waals surface area contributed by atoms with Gasteiger partial charge in [0.05, 0.1) is 6.54 Å². The molecule has 134 valence electrons. The fourth-order valence-electron chi connectivity index (χ4n) is 2.52. The van der Waals surface area contributed by atoms with Crippen molar-refractivity contribution in [2.24, 2.45) is 16.6 Å². The van der Waals surface area contributed by atoms with Crippen molar-refractivity contribution in [3.8, 4) is 0 Å². The van der Waals surface area contributed by atoms with Crippen LogP contribution in [-0.2, 0) is 6.54 Å². The number of nitrogens with zero attached hydrogens (tertiary/aromatic N) is 1. The summed E-state index contributed by atoms with van der Waals surface area (Å²) in [5.74, 6) is 0.736. The van der Waals surface area contributed by atoms with Gasteiger partial charge in [0.2, 0.25) is 5.91 Å². The molecule has 0 aromatic heterocycles. The van der Waals surface area contributed by atoms with Crippen LogP contribution in [0.4, 0.5) is 0 Å². The molecule has 0 saturated heterocycles. The van der Waals surface area contributed by atoms with E-state index in [1.54, 1.807) is 12.1 Å². The summed E-state index contributed by atoms with van der Waals surface area (Å²) < 4.78 is 0. The van der Waals surface area contributed by atoms with Gasteiger partial charge in [0.25, 0.3) is 0 Å². The first-order valence-electron chi connectivity index (χ1n) is 8.62. The van der Waals surface area contributed by atoms with Crippen LogP contribution in [0.3, 0.4) is 0 Å². The molecule has 1 aromatic carbocycles. The molecule has 0 aliphatic carbocycles. The molecule has 1 aromatic rings. The van der Waals surface area contributed by atoms with Crippen molar-refractivity contribution in [3.05, 3.63) is 35.4 Å². The zero-order valence-corrected chi connectivity index (χ0v) is 14.7. The van der Waals surface area contributed by atoms with Gasteiger partial charge in [0, 0.05) is 25.3 Å². The predicted molar refractivity (Wildman–Crippen MR) is 97.9 cm³/mol. The van der Waals surface area contributed by atoms with Gasteiger partial charge in [-0.1, -0.05) is 25.5 Å². The van der Waals surface area contributed by atoms with E-state index in [1.165, 1.54) is 0 Å². The average Bonchev–Trinajstić information content (AvgIpc) is 2.57. The molecule has 0 aliphatic rings. The van der Waals surface area contributed by atoms with Gasteiger partial charge in [-0.25, -0.2) is 4.99 Å². The fraction of sp³-hybridized carbons (Fsp3) is 0.556. The van der Waals surface area contributed by atoms with Crippen LogP contribution in [0.2, 0.25) is 0 Å². The highest BCUT2D eigenvalue weighted by Gasteiger charge is 2.08. The van der Waals surface area contributed by atoms with Crippen LogP contribution < -0.4 is 16.4 Å². The van der Waals surface area contributed by atoms with Gasteiger partial charge in [-0.2, -0.15) is 0 Å². The molecule has 6 nitrogen and oxygen atoms in total. The van der Waals surface area contributed by atoms with Gasteiger partial charge in [-0.3, -0.25) is 4.79 Å². The molecule has 0 saturated carbocycles. The summed E-state index contributed by atoms with van der Waals surface area (Å²) in [6, 6.07) is 7.19. The molecule has 1 amide bonds. The number of aliphatic imine (C=N–C) groups is 1. The Kier molecular flexibility index (Phi) is 9.53. The van der Waals surface area contributed by atoms with Crippen molar-refractivity contribution in [2.45, 2.75) is 39.7 Å². The van der Waals surface area contributed by atoms with Gasteiger partial charge in [-0.15, -0.1) is 0 Å². The molecule has 0 fully saturated rings.